The highest BCUT2D eigenvalue weighted by atomic mass is 16.3. The minimum absolute atomic E-state index is 0.335. The number of fused-ring (bicyclic) bond motifs is 7. The first kappa shape index (κ1) is 32.3. The van der Waals surface area contributed by atoms with Gasteiger partial charge >= 0.3 is 0 Å². The summed E-state index contributed by atoms with van der Waals surface area (Å²) in [6.45, 7) is 2.46. The topological polar surface area (TPSA) is 51.8 Å². The number of hydrogen-bond acceptors (Lipinski definition) is 4. The third-order valence-electron chi connectivity index (χ3n) is 12.6. The van der Waals surface area contributed by atoms with Crippen LogP contribution >= 0.6 is 0 Å². The van der Waals surface area contributed by atoms with Gasteiger partial charge < -0.3 is 4.42 Å². The first-order chi connectivity index (χ1) is 27.1. The molecule has 2 fully saturated rings. The molecule has 0 N–H and O–H groups in total. The van der Waals surface area contributed by atoms with Crippen LogP contribution in [0.25, 0.3) is 88.8 Å². The molecule has 7 aromatic carbocycles. The summed E-state index contributed by atoms with van der Waals surface area (Å²) in [6, 6.07) is 51.9. The average molecular weight is 712 g/mol. The van der Waals surface area contributed by atoms with E-state index in [2.05, 4.69) is 146 Å². The van der Waals surface area contributed by atoms with E-state index in [-0.39, 0.29) is 0 Å². The number of furan rings is 1. The molecule has 3 unspecified atom stereocenters. The molecule has 11 rings (SSSR count). The zero-order valence-corrected chi connectivity index (χ0v) is 31.0. The molecule has 9 aromatic rings. The quantitative estimate of drug-likeness (QED) is 0.178. The van der Waals surface area contributed by atoms with Gasteiger partial charge in [-0.3, -0.25) is 0 Å². The Bertz CT molecular complexity index is 2820. The summed E-state index contributed by atoms with van der Waals surface area (Å²) in [5, 5.41) is 6.73. The molecule has 0 radical (unpaired) electrons. The second kappa shape index (κ2) is 12.7. The zero-order valence-electron chi connectivity index (χ0n) is 31.0. The predicted octanol–water partition coefficient (Wildman–Crippen LogP) is 13.6. The lowest BCUT2D eigenvalue weighted by Crippen LogP contribution is -2.39. The lowest BCUT2D eigenvalue weighted by atomic mass is 9.57. The van der Waals surface area contributed by atoms with Gasteiger partial charge in [-0.1, -0.05) is 147 Å². The largest absolute Gasteiger partial charge is 0.455 e. The number of para-hydroxylation sites is 1. The number of nitrogens with zero attached hydrogens (tertiary/aromatic N) is 3. The minimum Gasteiger partial charge on any atom is -0.455 e. The Labute approximate surface area is 320 Å². The van der Waals surface area contributed by atoms with Crippen molar-refractivity contribution in [2.45, 2.75) is 50.9 Å². The molecule has 4 nitrogen and oxygen atoms in total. The van der Waals surface area contributed by atoms with Gasteiger partial charge in [0, 0.05) is 33.0 Å². The van der Waals surface area contributed by atoms with E-state index in [1.165, 1.54) is 60.4 Å². The average Bonchev–Trinajstić information content (AvgIpc) is 3.62. The summed E-state index contributed by atoms with van der Waals surface area (Å²) in [6.07, 6.45) is 8.13. The van der Waals surface area contributed by atoms with Crippen molar-refractivity contribution >= 4 is 43.5 Å². The summed E-state index contributed by atoms with van der Waals surface area (Å²) >= 11 is 0. The van der Waals surface area contributed by atoms with Gasteiger partial charge in [-0.25, -0.2) is 15.0 Å². The van der Waals surface area contributed by atoms with Gasteiger partial charge in [-0.05, 0) is 93.8 Å². The van der Waals surface area contributed by atoms with Crippen LogP contribution in [0.1, 0.15) is 51.0 Å². The molecule has 2 saturated carbocycles. The molecular weight excluding hydrogens is 671 g/mol. The Morgan fingerprint density at radius 2 is 1.18 bits per heavy atom. The lowest BCUT2D eigenvalue weighted by molar-refractivity contribution is 0.110. The van der Waals surface area contributed by atoms with Crippen molar-refractivity contribution < 1.29 is 4.42 Å². The maximum atomic E-state index is 6.78. The number of hydrogen-bond donors (Lipinski definition) is 0. The van der Waals surface area contributed by atoms with Gasteiger partial charge in [0.2, 0.25) is 0 Å². The van der Waals surface area contributed by atoms with Gasteiger partial charge in [0.05, 0.1) is 0 Å². The molecular formula is C51H41N3O. The summed E-state index contributed by atoms with van der Waals surface area (Å²) in [4.78, 5) is 15.5. The number of aromatic nitrogens is 3. The van der Waals surface area contributed by atoms with Crippen molar-refractivity contribution in [3.63, 3.8) is 0 Å². The van der Waals surface area contributed by atoms with Crippen molar-refractivity contribution in [2.24, 2.45) is 11.8 Å². The molecule has 266 valence electrons. The van der Waals surface area contributed by atoms with Crippen LogP contribution in [0.2, 0.25) is 0 Å². The van der Waals surface area contributed by atoms with E-state index >= 15 is 0 Å². The smallest absolute Gasteiger partial charge is 0.164 e. The fourth-order valence-corrected chi connectivity index (χ4v) is 10.2. The standard InChI is InChI=1S/C51H41N3O/c1-32-27-33-9-8-26-51(30-32,31-33)41-24-22-36(23-25-41)42-14-6-15-43-46-44(16-7-17-45(46)55-47(42)43)50-53-48(39-20-18-34-10-2-4-12-37(34)28-39)52-49(54-50)40-21-19-35-11-3-5-13-38(35)29-40/h2-7,10-25,28-29,32-33H,8-9,26-27,30-31H2,1H3. The van der Waals surface area contributed by atoms with Crippen LogP contribution in [0.5, 0.6) is 0 Å². The molecule has 2 aliphatic carbocycles. The van der Waals surface area contributed by atoms with E-state index in [0.29, 0.717) is 22.9 Å². The van der Waals surface area contributed by atoms with E-state index in [0.717, 1.165) is 66.8 Å². The highest BCUT2D eigenvalue weighted by molar-refractivity contribution is 6.15. The fourth-order valence-electron chi connectivity index (χ4n) is 10.2. The Balaban J connectivity index is 1.05. The van der Waals surface area contributed by atoms with E-state index < -0.39 is 0 Å². The van der Waals surface area contributed by atoms with Gasteiger partial charge in [-0.2, -0.15) is 0 Å². The molecule has 0 saturated heterocycles. The van der Waals surface area contributed by atoms with Gasteiger partial charge in [-0.15, -0.1) is 0 Å². The summed E-state index contributed by atoms with van der Waals surface area (Å²) in [7, 11) is 0. The monoisotopic (exact) mass is 711 g/mol. The van der Waals surface area contributed by atoms with Gasteiger partial charge in [0.25, 0.3) is 0 Å². The second-order valence-corrected chi connectivity index (χ2v) is 16.3. The molecule has 0 amide bonds. The van der Waals surface area contributed by atoms with Crippen molar-refractivity contribution in [3.8, 4) is 45.3 Å². The van der Waals surface area contributed by atoms with E-state index in [1.807, 2.05) is 6.07 Å². The number of benzene rings is 7. The first-order valence-electron chi connectivity index (χ1n) is 19.9. The summed E-state index contributed by atoms with van der Waals surface area (Å²) in [5.41, 5.74) is 8.67. The highest BCUT2D eigenvalue weighted by Gasteiger charge is 2.42. The molecule has 0 aliphatic heterocycles. The van der Waals surface area contributed by atoms with E-state index in [4.69, 9.17) is 19.4 Å². The van der Waals surface area contributed by atoms with Crippen molar-refractivity contribution in [2.75, 3.05) is 0 Å². The molecule has 2 bridgehead atoms. The van der Waals surface area contributed by atoms with Crippen LogP contribution in [0.3, 0.4) is 0 Å². The molecule has 2 aromatic heterocycles. The maximum Gasteiger partial charge on any atom is 0.164 e. The zero-order chi connectivity index (χ0) is 36.5. The maximum absolute atomic E-state index is 6.78. The van der Waals surface area contributed by atoms with Crippen LogP contribution < -0.4 is 0 Å². The van der Waals surface area contributed by atoms with Gasteiger partial charge in [0.1, 0.15) is 11.2 Å². The third-order valence-corrected chi connectivity index (χ3v) is 12.6. The van der Waals surface area contributed by atoms with E-state index in [9.17, 15) is 0 Å². The van der Waals surface area contributed by atoms with Crippen LogP contribution in [0, 0.1) is 11.8 Å². The highest BCUT2D eigenvalue weighted by Crippen LogP contribution is 2.52. The lowest BCUT2D eigenvalue weighted by Gasteiger charge is -2.48. The third kappa shape index (κ3) is 5.54. The second-order valence-electron chi connectivity index (χ2n) is 16.3. The number of rotatable bonds is 5. The first-order valence-corrected chi connectivity index (χ1v) is 19.9. The fraction of sp³-hybridized carbons (Fsp3) is 0.196. The van der Waals surface area contributed by atoms with Gasteiger partial charge in [0.15, 0.2) is 17.5 Å². The summed E-state index contributed by atoms with van der Waals surface area (Å²) < 4.78 is 6.78. The Kier molecular flexibility index (Phi) is 7.48. The molecule has 55 heavy (non-hydrogen) atoms. The molecule has 0 spiro atoms. The Hall–Kier alpha value is -6.13. The SMILES string of the molecule is CC1CC2CCCC(c3ccc(-c4cccc5c4oc4cccc(-c6nc(-c7ccc8ccccc8c7)nc(-c7ccc8ccccc8c7)n6)c45)cc3)(C1)C2. The van der Waals surface area contributed by atoms with Crippen molar-refractivity contribution in [3.05, 3.63) is 151 Å². The van der Waals surface area contributed by atoms with Crippen LogP contribution in [0.4, 0.5) is 0 Å². The molecule has 4 heteroatoms. The normalized spacial score (nSPS) is 19.7. The molecule has 2 aliphatic rings. The van der Waals surface area contributed by atoms with Crippen LogP contribution in [-0.4, -0.2) is 15.0 Å². The summed E-state index contributed by atoms with van der Waals surface area (Å²) in [5.74, 6) is 3.58. The predicted molar refractivity (Wildman–Crippen MR) is 226 cm³/mol. The minimum atomic E-state index is 0.335. The molecule has 3 atom stereocenters. The Morgan fingerprint density at radius 3 is 1.89 bits per heavy atom. The van der Waals surface area contributed by atoms with Crippen LogP contribution in [0.15, 0.2) is 150 Å². The Morgan fingerprint density at radius 1 is 0.564 bits per heavy atom. The molecule has 2 heterocycles. The van der Waals surface area contributed by atoms with Crippen LogP contribution in [-0.2, 0) is 5.41 Å². The van der Waals surface area contributed by atoms with E-state index in [1.54, 1.807) is 0 Å². The van der Waals surface area contributed by atoms with Crippen molar-refractivity contribution in [1.82, 2.24) is 15.0 Å². The van der Waals surface area contributed by atoms with Crippen molar-refractivity contribution in [1.29, 1.82) is 0 Å².